The number of halogens is 2. The summed E-state index contributed by atoms with van der Waals surface area (Å²) in [5.74, 6) is 0.517. The standard InChI is InChI=1S/C19H18Cl2N4S/c1-12-3-4-13(2)17(9-12)22-19(26)23-18-16(21)11-25(24-18)10-14-5-7-15(20)8-6-14/h3-9,11H,10H2,1-2H3,(H2,22,23,24,26). The Kier molecular flexibility index (Phi) is 5.81. The molecule has 0 saturated carbocycles. The van der Waals surface area contributed by atoms with Crippen molar-refractivity contribution in [3.8, 4) is 0 Å². The molecule has 1 aromatic heterocycles. The molecule has 3 aromatic rings. The van der Waals surface area contributed by atoms with Crippen molar-refractivity contribution in [2.75, 3.05) is 10.6 Å². The number of rotatable bonds is 4. The highest BCUT2D eigenvalue weighted by molar-refractivity contribution is 7.80. The third kappa shape index (κ3) is 4.75. The van der Waals surface area contributed by atoms with E-state index >= 15 is 0 Å². The molecule has 3 rings (SSSR count). The van der Waals surface area contributed by atoms with Crippen LogP contribution in [0.2, 0.25) is 10.0 Å². The van der Waals surface area contributed by atoms with E-state index in [4.69, 9.17) is 35.4 Å². The minimum absolute atomic E-state index is 0.442. The highest BCUT2D eigenvalue weighted by atomic mass is 35.5. The van der Waals surface area contributed by atoms with Gasteiger partial charge in [0.1, 0.15) is 5.02 Å². The molecule has 0 radical (unpaired) electrons. The van der Waals surface area contributed by atoms with Gasteiger partial charge in [-0.15, -0.1) is 0 Å². The Morgan fingerprint density at radius 1 is 1.08 bits per heavy atom. The van der Waals surface area contributed by atoms with Crippen LogP contribution in [0, 0.1) is 13.8 Å². The van der Waals surface area contributed by atoms with E-state index in [2.05, 4.69) is 21.8 Å². The first-order chi connectivity index (χ1) is 12.4. The predicted molar refractivity (Wildman–Crippen MR) is 114 cm³/mol. The van der Waals surface area contributed by atoms with Gasteiger partial charge < -0.3 is 10.6 Å². The summed E-state index contributed by atoms with van der Waals surface area (Å²) in [6.45, 7) is 4.66. The summed E-state index contributed by atoms with van der Waals surface area (Å²) >= 11 is 17.6. The first-order valence-electron chi connectivity index (χ1n) is 8.03. The average Bonchev–Trinajstić information content (AvgIpc) is 2.92. The second-order valence-electron chi connectivity index (χ2n) is 6.05. The fraction of sp³-hybridized carbons (Fsp3) is 0.158. The van der Waals surface area contributed by atoms with Gasteiger partial charge in [-0.1, -0.05) is 47.5 Å². The average molecular weight is 405 g/mol. The fourth-order valence-corrected chi connectivity index (χ4v) is 3.00. The van der Waals surface area contributed by atoms with E-state index in [1.54, 1.807) is 10.9 Å². The molecule has 1 heterocycles. The summed E-state index contributed by atoms with van der Waals surface area (Å²) < 4.78 is 1.76. The monoisotopic (exact) mass is 404 g/mol. The van der Waals surface area contributed by atoms with Gasteiger partial charge in [0.15, 0.2) is 10.9 Å². The number of aryl methyl sites for hydroxylation is 2. The van der Waals surface area contributed by atoms with Crippen molar-refractivity contribution in [1.29, 1.82) is 0 Å². The Morgan fingerprint density at radius 2 is 1.81 bits per heavy atom. The van der Waals surface area contributed by atoms with Gasteiger partial charge in [0.05, 0.1) is 6.54 Å². The molecule has 26 heavy (non-hydrogen) atoms. The first kappa shape index (κ1) is 18.7. The lowest BCUT2D eigenvalue weighted by molar-refractivity contribution is 0.690. The Morgan fingerprint density at radius 3 is 2.54 bits per heavy atom. The van der Waals surface area contributed by atoms with E-state index in [0.29, 0.717) is 27.5 Å². The summed E-state index contributed by atoms with van der Waals surface area (Å²) in [5.41, 5.74) is 4.31. The van der Waals surface area contributed by atoms with Gasteiger partial charge in [0, 0.05) is 16.9 Å². The van der Waals surface area contributed by atoms with Crippen LogP contribution in [0.3, 0.4) is 0 Å². The van der Waals surface area contributed by atoms with Gasteiger partial charge in [-0.3, -0.25) is 4.68 Å². The summed E-state index contributed by atoms with van der Waals surface area (Å²) in [5, 5.41) is 12.4. The number of hydrogen-bond donors (Lipinski definition) is 2. The van der Waals surface area contributed by atoms with Gasteiger partial charge >= 0.3 is 0 Å². The fourth-order valence-electron chi connectivity index (χ4n) is 2.47. The summed E-state index contributed by atoms with van der Waals surface area (Å²) in [6, 6.07) is 13.8. The van der Waals surface area contributed by atoms with Crippen molar-refractivity contribution in [1.82, 2.24) is 9.78 Å². The molecule has 0 spiro atoms. The van der Waals surface area contributed by atoms with Crippen LogP contribution in [0.15, 0.2) is 48.7 Å². The highest BCUT2D eigenvalue weighted by Gasteiger charge is 2.10. The van der Waals surface area contributed by atoms with E-state index in [1.165, 1.54) is 0 Å². The van der Waals surface area contributed by atoms with Crippen LogP contribution in [0.4, 0.5) is 11.5 Å². The molecule has 2 aromatic carbocycles. The molecule has 134 valence electrons. The molecule has 0 fully saturated rings. The smallest absolute Gasteiger partial charge is 0.176 e. The minimum atomic E-state index is 0.442. The lowest BCUT2D eigenvalue weighted by Gasteiger charge is -2.12. The van der Waals surface area contributed by atoms with Crippen molar-refractivity contribution < 1.29 is 0 Å². The highest BCUT2D eigenvalue weighted by Crippen LogP contribution is 2.22. The molecule has 0 saturated heterocycles. The normalized spacial score (nSPS) is 10.6. The quantitative estimate of drug-likeness (QED) is 0.550. The van der Waals surface area contributed by atoms with E-state index in [-0.39, 0.29) is 0 Å². The molecule has 7 heteroatoms. The van der Waals surface area contributed by atoms with Crippen LogP contribution in [0.25, 0.3) is 0 Å². The van der Waals surface area contributed by atoms with Gasteiger partial charge in [0.25, 0.3) is 0 Å². The zero-order chi connectivity index (χ0) is 18.7. The van der Waals surface area contributed by atoms with Crippen LogP contribution < -0.4 is 10.6 Å². The number of nitrogens with one attached hydrogen (secondary N) is 2. The maximum atomic E-state index is 6.29. The third-order valence-corrected chi connectivity index (χ3v) is 4.58. The van der Waals surface area contributed by atoms with Crippen molar-refractivity contribution in [3.63, 3.8) is 0 Å². The van der Waals surface area contributed by atoms with Crippen LogP contribution in [0.1, 0.15) is 16.7 Å². The van der Waals surface area contributed by atoms with Crippen LogP contribution in [-0.4, -0.2) is 14.9 Å². The zero-order valence-corrected chi connectivity index (χ0v) is 16.7. The Hall–Kier alpha value is -2.08. The molecule has 0 aliphatic carbocycles. The number of nitrogens with zero attached hydrogens (tertiary/aromatic N) is 2. The second kappa shape index (κ2) is 8.08. The van der Waals surface area contributed by atoms with Gasteiger partial charge in [-0.2, -0.15) is 5.10 Å². The predicted octanol–water partition coefficient (Wildman–Crippen LogP) is 5.66. The summed E-state index contributed by atoms with van der Waals surface area (Å²) in [7, 11) is 0. The molecule has 0 unspecified atom stereocenters. The molecule has 0 amide bonds. The molecule has 4 nitrogen and oxygen atoms in total. The maximum Gasteiger partial charge on any atom is 0.176 e. The Bertz CT molecular complexity index is 935. The van der Waals surface area contributed by atoms with Gasteiger partial charge in [-0.25, -0.2) is 0 Å². The summed E-state index contributed by atoms with van der Waals surface area (Å²) in [6.07, 6.45) is 1.76. The largest absolute Gasteiger partial charge is 0.332 e. The molecular formula is C19H18Cl2N4S. The van der Waals surface area contributed by atoms with Crippen molar-refractivity contribution in [2.45, 2.75) is 20.4 Å². The van der Waals surface area contributed by atoms with E-state index in [0.717, 1.165) is 22.4 Å². The van der Waals surface area contributed by atoms with Crippen molar-refractivity contribution in [2.24, 2.45) is 0 Å². The lowest BCUT2D eigenvalue weighted by Crippen LogP contribution is -2.20. The topological polar surface area (TPSA) is 41.9 Å². The van der Waals surface area contributed by atoms with Crippen LogP contribution >= 0.6 is 35.4 Å². The van der Waals surface area contributed by atoms with E-state index in [9.17, 15) is 0 Å². The number of hydrogen-bond acceptors (Lipinski definition) is 2. The summed E-state index contributed by atoms with van der Waals surface area (Å²) in [4.78, 5) is 0. The minimum Gasteiger partial charge on any atom is -0.332 e. The van der Waals surface area contributed by atoms with Crippen LogP contribution in [0.5, 0.6) is 0 Å². The lowest BCUT2D eigenvalue weighted by atomic mass is 10.1. The molecule has 0 bridgehead atoms. The van der Waals surface area contributed by atoms with E-state index in [1.807, 2.05) is 50.2 Å². The van der Waals surface area contributed by atoms with Crippen molar-refractivity contribution in [3.05, 3.63) is 75.4 Å². The van der Waals surface area contributed by atoms with Gasteiger partial charge in [0.2, 0.25) is 0 Å². The maximum absolute atomic E-state index is 6.29. The molecule has 0 aliphatic heterocycles. The first-order valence-corrected chi connectivity index (χ1v) is 9.20. The molecule has 2 N–H and O–H groups in total. The van der Waals surface area contributed by atoms with Crippen LogP contribution in [-0.2, 0) is 6.54 Å². The Labute approximate surface area is 168 Å². The number of thiocarbonyl (C=S) groups is 1. The third-order valence-electron chi connectivity index (χ3n) is 3.85. The second-order valence-corrected chi connectivity index (χ2v) is 7.30. The Balaban J connectivity index is 1.68. The van der Waals surface area contributed by atoms with Crippen molar-refractivity contribution >= 4 is 52.0 Å². The number of aromatic nitrogens is 2. The number of benzene rings is 2. The van der Waals surface area contributed by atoms with E-state index < -0.39 is 0 Å². The molecular weight excluding hydrogens is 387 g/mol. The number of anilines is 2. The zero-order valence-electron chi connectivity index (χ0n) is 14.4. The molecule has 0 atom stereocenters. The SMILES string of the molecule is Cc1ccc(C)c(NC(=S)Nc2nn(Cc3ccc(Cl)cc3)cc2Cl)c1. The van der Waals surface area contributed by atoms with Gasteiger partial charge in [-0.05, 0) is 61.0 Å². The molecule has 0 aliphatic rings.